The van der Waals surface area contributed by atoms with Gasteiger partial charge in [0.05, 0.1) is 5.41 Å². The molecule has 132 valence electrons. The number of halogens is 1. The Kier molecular flexibility index (Phi) is 6.72. The summed E-state index contributed by atoms with van der Waals surface area (Å²) in [7, 11) is 0. The van der Waals surface area contributed by atoms with E-state index < -0.39 is 5.41 Å². The van der Waals surface area contributed by atoms with Gasteiger partial charge in [-0.05, 0) is 38.6 Å². The standard InChI is InChI=1S/C17H29N3O2.ClH/c21-15(19-13-5-1-2-6-13)11-17(9-10-18-12-17)16(22)20-14-7-3-4-8-14;/h13-14,18H,1-12H2,(H,19,21)(H,20,22);1H. The van der Waals surface area contributed by atoms with E-state index in [1.54, 1.807) is 0 Å². The van der Waals surface area contributed by atoms with Crippen molar-refractivity contribution in [1.29, 1.82) is 0 Å². The Morgan fingerprint density at radius 2 is 1.52 bits per heavy atom. The molecule has 1 aliphatic heterocycles. The molecule has 3 N–H and O–H groups in total. The molecule has 0 aromatic carbocycles. The van der Waals surface area contributed by atoms with Crippen LogP contribution in [0.5, 0.6) is 0 Å². The summed E-state index contributed by atoms with van der Waals surface area (Å²) < 4.78 is 0. The minimum atomic E-state index is -0.536. The summed E-state index contributed by atoms with van der Waals surface area (Å²) in [4.78, 5) is 25.1. The van der Waals surface area contributed by atoms with Gasteiger partial charge in [-0.15, -0.1) is 12.4 Å². The van der Waals surface area contributed by atoms with Crippen LogP contribution < -0.4 is 16.0 Å². The van der Waals surface area contributed by atoms with E-state index in [0.29, 0.717) is 25.0 Å². The van der Waals surface area contributed by atoms with Gasteiger partial charge in [0.1, 0.15) is 0 Å². The predicted molar refractivity (Wildman–Crippen MR) is 92.6 cm³/mol. The number of nitrogens with one attached hydrogen (secondary N) is 3. The lowest BCUT2D eigenvalue weighted by atomic mass is 9.81. The normalized spacial score (nSPS) is 28.5. The van der Waals surface area contributed by atoms with Crippen molar-refractivity contribution >= 4 is 24.2 Å². The molecule has 2 amide bonds. The average molecular weight is 344 g/mol. The van der Waals surface area contributed by atoms with Gasteiger partial charge in [0.15, 0.2) is 0 Å². The van der Waals surface area contributed by atoms with Crippen LogP contribution in [0.2, 0.25) is 0 Å². The van der Waals surface area contributed by atoms with Gasteiger partial charge in [0.25, 0.3) is 0 Å². The highest BCUT2D eigenvalue weighted by Gasteiger charge is 2.44. The first kappa shape index (κ1) is 18.5. The fourth-order valence-electron chi connectivity index (χ4n) is 4.23. The van der Waals surface area contributed by atoms with E-state index in [4.69, 9.17) is 0 Å². The second-order valence-corrected chi connectivity index (χ2v) is 7.39. The van der Waals surface area contributed by atoms with Crippen molar-refractivity contribution in [1.82, 2.24) is 16.0 Å². The first-order chi connectivity index (χ1) is 10.7. The quantitative estimate of drug-likeness (QED) is 0.714. The maximum Gasteiger partial charge on any atom is 0.228 e. The largest absolute Gasteiger partial charge is 0.353 e. The lowest BCUT2D eigenvalue weighted by molar-refractivity contribution is -0.136. The van der Waals surface area contributed by atoms with Crippen molar-refractivity contribution in [3.63, 3.8) is 0 Å². The Labute approximate surface area is 145 Å². The van der Waals surface area contributed by atoms with Crippen molar-refractivity contribution in [2.24, 2.45) is 5.41 Å². The molecule has 3 rings (SSSR count). The number of hydrogen-bond acceptors (Lipinski definition) is 3. The van der Waals surface area contributed by atoms with Crippen LogP contribution in [0.15, 0.2) is 0 Å². The first-order valence-corrected chi connectivity index (χ1v) is 8.99. The molecule has 0 radical (unpaired) electrons. The summed E-state index contributed by atoms with van der Waals surface area (Å²) in [5.74, 6) is 0.142. The van der Waals surface area contributed by atoms with Crippen LogP contribution in [0.1, 0.15) is 64.2 Å². The molecule has 5 nitrogen and oxygen atoms in total. The van der Waals surface area contributed by atoms with Gasteiger partial charge in [0, 0.05) is 25.0 Å². The van der Waals surface area contributed by atoms with Crippen LogP contribution >= 0.6 is 12.4 Å². The van der Waals surface area contributed by atoms with Crippen LogP contribution in [0.25, 0.3) is 0 Å². The van der Waals surface area contributed by atoms with Crippen molar-refractivity contribution in [3.05, 3.63) is 0 Å². The third kappa shape index (κ3) is 4.60. The van der Waals surface area contributed by atoms with E-state index in [1.165, 1.54) is 25.7 Å². The molecule has 23 heavy (non-hydrogen) atoms. The molecule has 2 aliphatic carbocycles. The molecule has 1 atom stereocenters. The number of rotatable bonds is 5. The summed E-state index contributed by atoms with van der Waals surface area (Å²) in [6, 6.07) is 0.652. The molecule has 0 aromatic heterocycles. The van der Waals surface area contributed by atoms with Gasteiger partial charge in [-0.3, -0.25) is 9.59 Å². The molecule has 0 spiro atoms. The van der Waals surface area contributed by atoms with E-state index in [0.717, 1.165) is 38.6 Å². The number of hydrogen-bond donors (Lipinski definition) is 3. The average Bonchev–Trinajstić information content (AvgIpc) is 3.20. The monoisotopic (exact) mass is 343 g/mol. The lowest BCUT2D eigenvalue weighted by Gasteiger charge is -2.28. The van der Waals surface area contributed by atoms with E-state index in [-0.39, 0.29) is 24.2 Å². The Bertz CT molecular complexity index is 412. The van der Waals surface area contributed by atoms with Crippen LogP contribution in [-0.2, 0) is 9.59 Å². The van der Waals surface area contributed by atoms with E-state index >= 15 is 0 Å². The highest BCUT2D eigenvalue weighted by molar-refractivity contribution is 5.89. The summed E-state index contributed by atoms with van der Waals surface area (Å²) in [5, 5.41) is 9.61. The summed E-state index contributed by atoms with van der Waals surface area (Å²) >= 11 is 0. The number of amides is 2. The number of carbonyl (C=O) groups excluding carboxylic acids is 2. The Morgan fingerprint density at radius 3 is 2.04 bits per heavy atom. The molecule has 2 saturated carbocycles. The van der Waals surface area contributed by atoms with Crippen molar-refractivity contribution in [2.75, 3.05) is 13.1 Å². The molecule has 3 aliphatic rings. The molecule has 1 saturated heterocycles. The maximum atomic E-state index is 12.8. The highest BCUT2D eigenvalue weighted by Crippen LogP contribution is 2.31. The van der Waals surface area contributed by atoms with Crippen molar-refractivity contribution in [3.8, 4) is 0 Å². The van der Waals surface area contributed by atoms with Gasteiger partial charge < -0.3 is 16.0 Å². The van der Waals surface area contributed by atoms with Crippen LogP contribution in [-0.4, -0.2) is 37.0 Å². The minimum absolute atomic E-state index is 0. The summed E-state index contributed by atoms with van der Waals surface area (Å²) in [6.07, 6.45) is 10.3. The van der Waals surface area contributed by atoms with Crippen LogP contribution in [0.4, 0.5) is 0 Å². The van der Waals surface area contributed by atoms with Gasteiger partial charge in [-0.25, -0.2) is 0 Å². The van der Waals surface area contributed by atoms with E-state index in [9.17, 15) is 9.59 Å². The lowest BCUT2D eigenvalue weighted by Crippen LogP contribution is -2.49. The SMILES string of the molecule is Cl.O=C(CC1(C(=O)NC2CCCC2)CCNC1)NC1CCCC1. The van der Waals surface area contributed by atoms with E-state index in [1.807, 2.05) is 0 Å². The fraction of sp³-hybridized carbons (Fsp3) is 0.882. The molecular formula is C17H30ClN3O2. The third-order valence-corrected chi connectivity index (χ3v) is 5.64. The summed E-state index contributed by atoms with van der Waals surface area (Å²) in [6.45, 7) is 1.46. The molecule has 1 unspecified atom stereocenters. The Hall–Kier alpha value is -0.810. The highest BCUT2D eigenvalue weighted by atomic mass is 35.5. The van der Waals surface area contributed by atoms with Crippen molar-refractivity contribution in [2.45, 2.75) is 76.3 Å². The van der Waals surface area contributed by atoms with Gasteiger partial charge in [-0.1, -0.05) is 25.7 Å². The van der Waals surface area contributed by atoms with Crippen LogP contribution in [0.3, 0.4) is 0 Å². The molecule has 0 aromatic rings. The predicted octanol–water partition coefficient (Wildman–Crippen LogP) is 1.90. The van der Waals surface area contributed by atoms with Crippen LogP contribution in [0, 0.1) is 5.41 Å². The van der Waals surface area contributed by atoms with Crippen molar-refractivity contribution < 1.29 is 9.59 Å². The molecule has 3 fully saturated rings. The Balaban J connectivity index is 0.00000192. The van der Waals surface area contributed by atoms with Gasteiger partial charge in [0.2, 0.25) is 11.8 Å². The second-order valence-electron chi connectivity index (χ2n) is 7.39. The topological polar surface area (TPSA) is 70.2 Å². The summed E-state index contributed by atoms with van der Waals surface area (Å²) in [5.41, 5.74) is -0.536. The molecule has 6 heteroatoms. The molecular weight excluding hydrogens is 314 g/mol. The fourth-order valence-corrected chi connectivity index (χ4v) is 4.23. The third-order valence-electron chi connectivity index (χ3n) is 5.64. The zero-order chi connectivity index (χ0) is 15.4. The smallest absolute Gasteiger partial charge is 0.228 e. The molecule has 1 heterocycles. The zero-order valence-electron chi connectivity index (χ0n) is 13.9. The molecule has 0 bridgehead atoms. The Morgan fingerprint density at radius 1 is 0.957 bits per heavy atom. The van der Waals surface area contributed by atoms with Gasteiger partial charge >= 0.3 is 0 Å². The zero-order valence-corrected chi connectivity index (χ0v) is 14.7. The first-order valence-electron chi connectivity index (χ1n) is 8.99. The maximum absolute atomic E-state index is 12.8. The van der Waals surface area contributed by atoms with Gasteiger partial charge in [-0.2, -0.15) is 0 Å². The second kappa shape index (κ2) is 8.34. The van der Waals surface area contributed by atoms with E-state index in [2.05, 4.69) is 16.0 Å². The minimum Gasteiger partial charge on any atom is -0.353 e. The number of carbonyl (C=O) groups is 2.